The van der Waals surface area contributed by atoms with Crippen LogP contribution in [0.3, 0.4) is 0 Å². The summed E-state index contributed by atoms with van der Waals surface area (Å²) in [5.74, 6) is -8.17. The normalized spacial score (nSPS) is 31.0. The Kier molecular flexibility index (Phi) is 6.89. The zero-order valence-corrected chi connectivity index (χ0v) is 20.6. The van der Waals surface area contributed by atoms with Crippen LogP contribution in [0, 0.1) is 17.6 Å². The molecule has 2 amide bonds. The van der Waals surface area contributed by atoms with Gasteiger partial charge in [0.05, 0.1) is 5.60 Å². The lowest BCUT2D eigenvalue weighted by molar-refractivity contribution is -0.272. The standard InChI is InChI=1S/C25H26F5N3O5/c1-11-17(14-4-5-15(26)18(27)19(14)37-13-9-23(2,36)10-13)20(38-24(11,3)25(28,29)30)22(35)33-12-6-7-32-16(8-12)21(31)34/h4-8,11,13,17,20,36H,9-10H2,1-3H3,(H2,31,34)(H,32,33,35)/t11-,13-,17-,20+,23-,24+/m0/s1. The van der Waals surface area contributed by atoms with Gasteiger partial charge >= 0.3 is 6.18 Å². The molecule has 4 atom stereocenters. The maximum absolute atomic E-state index is 15.0. The number of alkyl halides is 3. The van der Waals surface area contributed by atoms with Gasteiger partial charge in [0.15, 0.2) is 17.2 Å². The summed E-state index contributed by atoms with van der Waals surface area (Å²) in [6.45, 7) is 3.50. The van der Waals surface area contributed by atoms with E-state index < -0.39 is 70.6 Å². The van der Waals surface area contributed by atoms with Gasteiger partial charge in [-0.1, -0.05) is 13.0 Å². The zero-order valence-electron chi connectivity index (χ0n) is 20.6. The monoisotopic (exact) mass is 543 g/mol. The lowest BCUT2D eigenvalue weighted by Crippen LogP contribution is -2.47. The van der Waals surface area contributed by atoms with Crippen LogP contribution in [0.5, 0.6) is 5.75 Å². The van der Waals surface area contributed by atoms with E-state index in [1.807, 2.05) is 0 Å². The molecule has 1 aliphatic heterocycles. The molecule has 2 aromatic rings. The Bertz CT molecular complexity index is 1260. The molecule has 2 aliphatic rings. The number of nitrogens with two attached hydrogens (primary N) is 1. The Morgan fingerprint density at radius 3 is 2.45 bits per heavy atom. The molecule has 1 aromatic carbocycles. The van der Waals surface area contributed by atoms with Crippen molar-refractivity contribution in [3.05, 3.63) is 53.4 Å². The van der Waals surface area contributed by atoms with Gasteiger partial charge in [0.1, 0.15) is 17.9 Å². The SMILES string of the molecule is C[C@H]1[C@@H](c2ccc(F)c(F)c2O[C@H]2C[C@](C)(O)C2)[C@H](C(=O)Nc2ccnc(C(N)=O)c2)O[C@@]1(C)C(F)(F)F. The first-order valence-corrected chi connectivity index (χ1v) is 11.7. The van der Waals surface area contributed by atoms with Crippen molar-refractivity contribution in [2.24, 2.45) is 11.7 Å². The number of amides is 2. The number of benzene rings is 1. The second-order valence-electron chi connectivity index (χ2n) is 10.2. The molecule has 1 saturated carbocycles. The summed E-state index contributed by atoms with van der Waals surface area (Å²) >= 11 is 0. The number of nitrogens with zero attached hydrogens (tertiary/aromatic N) is 1. The third kappa shape index (κ3) is 4.92. The molecule has 13 heteroatoms. The average molecular weight is 543 g/mol. The van der Waals surface area contributed by atoms with Gasteiger partial charge in [-0.25, -0.2) is 4.39 Å². The fourth-order valence-electron chi connectivity index (χ4n) is 4.98. The molecule has 1 aromatic heterocycles. The Morgan fingerprint density at radius 1 is 1.21 bits per heavy atom. The summed E-state index contributed by atoms with van der Waals surface area (Å²) in [5, 5.41) is 12.4. The first-order chi connectivity index (χ1) is 17.5. The Labute approximate surface area is 214 Å². The first kappa shape index (κ1) is 27.7. The molecule has 1 aliphatic carbocycles. The van der Waals surface area contributed by atoms with Gasteiger partial charge in [0, 0.05) is 42.1 Å². The number of aromatic nitrogens is 1. The van der Waals surface area contributed by atoms with E-state index >= 15 is 4.39 Å². The smallest absolute Gasteiger partial charge is 0.417 e. The predicted octanol–water partition coefficient (Wildman–Crippen LogP) is 3.83. The van der Waals surface area contributed by atoms with Crippen LogP contribution in [0.4, 0.5) is 27.6 Å². The summed E-state index contributed by atoms with van der Waals surface area (Å²) in [6, 6.07) is 4.22. The molecule has 0 bridgehead atoms. The molecule has 8 nitrogen and oxygen atoms in total. The van der Waals surface area contributed by atoms with E-state index in [1.54, 1.807) is 0 Å². The molecule has 2 heterocycles. The maximum Gasteiger partial charge on any atom is 0.417 e. The van der Waals surface area contributed by atoms with Gasteiger partial charge in [0.25, 0.3) is 11.8 Å². The van der Waals surface area contributed by atoms with Crippen molar-refractivity contribution in [3.8, 4) is 5.75 Å². The molecule has 206 valence electrons. The maximum atomic E-state index is 15.0. The number of ether oxygens (including phenoxy) is 2. The van der Waals surface area contributed by atoms with Gasteiger partial charge < -0.3 is 25.6 Å². The van der Waals surface area contributed by atoms with Gasteiger partial charge in [-0.3, -0.25) is 14.6 Å². The third-order valence-electron chi connectivity index (χ3n) is 7.27. The summed E-state index contributed by atoms with van der Waals surface area (Å²) in [5.41, 5.74) is 0.892. The summed E-state index contributed by atoms with van der Waals surface area (Å²) < 4.78 is 82.7. The quantitative estimate of drug-likeness (QED) is 0.476. The van der Waals surface area contributed by atoms with Crippen LogP contribution >= 0.6 is 0 Å². The van der Waals surface area contributed by atoms with Crippen molar-refractivity contribution in [1.82, 2.24) is 4.98 Å². The predicted molar refractivity (Wildman–Crippen MR) is 123 cm³/mol. The zero-order chi connectivity index (χ0) is 28.2. The van der Waals surface area contributed by atoms with Crippen LogP contribution in [0.15, 0.2) is 30.5 Å². The summed E-state index contributed by atoms with van der Waals surface area (Å²) in [6.07, 6.45) is -6.12. The van der Waals surface area contributed by atoms with E-state index in [4.69, 9.17) is 15.2 Å². The molecule has 4 N–H and O–H groups in total. The van der Waals surface area contributed by atoms with Gasteiger partial charge in [-0.05, 0) is 32.0 Å². The van der Waals surface area contributed by atoms with E-state index in [9.17, 15) is 32.3 Å². The van der Waals surface area contributed by atoms with Crippen LogP contribution in [0.25, 0.3) is 0 Å². The van der Waals surface area contributed by atoms with Gasteiger partial charge in [-0.2, -0.15) is 17.6 Å². The number of nitrogens with one attached hydrogen (secondary N) is 1. The number of rotatable bonds is 6. The Balaban J connectivity index is 1.75. The fourth-order valence-corrected chi connectivity index (χ4v) is 4.98. The Hall–Kier alpha value is -3.32. The molecule has 4 rings (SSSR count). The van der Waals surface area contributed by atoms with E-state index in [0.29, 0.717) is 0 Å². The molecule has 0 radical (unpaired) electrons. The van der Waals surface area contributed by atoms with E-state index in [-0.39, 0.29) is 29.8 Å². The van der Waals surface area contributed by atoms with Gasteiger partial charge in [-0.15, -0.1) is 0 Å². The third-order valence-corrected chi connectivity index (χ3v) is 7.27. The molecular formula is C25H26F5N3O5. The minimum absolute atomic E-state index is 0.00729. The van der Waals surface area contributed by atoms with Crippen LogP contribution in [0.2, 0.25) is 0 Å². The van der Waals surface area contributed by atoms with E-state index in [2.05, 4.69) is 10.3 Å². The fraction of sp³-hybridized carbons (Fsp3) is 0.480. The van der Waals surface area contributed by atoms with Crippen molar-refractivity contribution in [3.63, 3.8) is 0 Å². The average Bonchev–Trinajstić information content (AvgIpc) is 3.08. The van der Waals surface area contributed by atoms with Crippen molar-refractivity contribution in [1.29, 1.82) is 0 Å². The number of aliphatic hydroxyl groups is 1. The topological polar surface area (TPSA) is 124 Å². The van der Waals surface area contributed by atoms with Crippen molar-refractivity contribution < 1.29 is 46.1 Å². The van der Waals surface area contributed by atoms with Crippen molar-refractivity contribution in [2.45, 2.75) is 69.1 Å². The number of pyridine rings is 1. The lowest BCUT2D eigenvalue weighted by atomic mass is 9.76. The highest BCUT2D eigenvalue weighted by Crippen LogP contribution is 2.55. The van der Waals surface area contributed by atoms with Crippen molar-refractivity contribution in [2.75, 3.05) is 5.32 Å². The molecule has 1 saturated heterocycles. The second-order valence-corrected chi connectivity index (χ2v) is 10.2. The molecule has 38 heavy (non-hydrogen) atoms. The molecular weight excluding hydrogens is 517 g/mol. The second kappa shape index (κ2) is 9.45. The van der Waals surface area contributed by atoms with E-state index in [1.165, 1.54) is 26.1 Å². The first-order valence-electron chi connectivity index (χ1n) is 11.7. The molecule has 2 fully saturated rings. The largest absolute Gasteiger partial charge is 0.487 e. The van der Waals surface area contributed by atoms with Crippen LogP contribution < -0.4 is 15.8 Å². The highest BCUT2D eigenvalue weighted by molar-refractivity contribution is 5.97. The lowest BCUT2D eigenvalue weighted by Gasteiger charge is -2.41. The minimum atomic E-state index is -4.93. The molecule has 0 unspecified atom stereocenters. The number of hydrogen-bond donors (Lipinski definition) is 3. The van der Waals surface area contributed by atoms with Crippen LogP contribution in [-0.4, -0.2) is 51.5 Å². The van der Waals surface area contributed by atoms with Gasteiger partial charge in [0.2, 0.25) is 5.82 Å². The number of carbonyl (C=O) groups is 2. The molecule has 0 spiro atoms. The van der Waals surface area contributed by atoms with Crippen LogP contribution in [0.1, 0.15) is 55.6 Å². The minimum Gasteiger partial charge on any atom is -0.487 e. The summed E-state index contributed by atoms with van der Waals surface area (Å²) in [4.78, 5) is 28.5. The Morgan fingerprint density at radius 2 is 1.87 bits per heavy atom. The number of anilines is 1. The highest BCUT2D eigenvalue weighted by atomic mass is 19.4. The number of primary amides is 1. The highest BCUT2D eigenvalue weighted by Gasteiger charge is 2.66. The number of carbonyl (C=O) groups excluding carboxylic acids is 2. The van der Waals surface area contributed by atoms with Crippen LogP contribution in [-0.2, 0) is 9.53 Å². The number of halogens is 5. The summed E-state index contributed by atoms with van der Waals surface area (Å²) in [7, 11) is 0. The van der Waals surface area contributed by atoms with E-state index in [0.717, 1.165) is 25.1 Å². The van der Waals surface area contributed by atoms with Crippen molar-refractivity contribution >= 4 is 17.5 Å². The number of hydrogen-bond acceptors (Lipinski definition) is 6.